The van der Waals surface area contributed by atoms with Crippen LogP contribution in [0, 0.1) is 12.8 Å². The van der Waals surface area contributed by atoms with Crippen LogP contribution in [0.4, 0.5) is 18.9 Å². The molecule has 32 heavy (non-hydrogen) atoms. The Morgan fingerprint density at radius 1 is 1.25 bits per heavy atom. The van der Waals surface area contributed by atoms with Crippen molar-refractivity contribution in [2.24, 2.45) is 15.3 Å². The van der Waals surface area contributed by atoms with E-state index >= 15 is 0 Å². The minimum Gasteiger partial charge on any atom is -0.456 e. The maximum atomic E-state index is 13.9. The van der Waals surface area contributed by atoms with Gasteiger partial charge in [0.15, 0.2) is 9.73 Å². The Bertz CT molecular complexity index is 1120. The summed E-state index contributed by atoms with van der Waals surface area (Å²) in [6.07, 6.45) is 3.24. The number of benzene rings is 2. The Kier molecular flexibility index (Phi) is 7.39. The minimum absolute atomic E-state index is 0.0622. The number of nitrogens with zero attached hydrogens (tertiary/aromatic N) is 3. The number of hydrogen-bond donors (Lipinski definition) is 0. The first kappa shape index (κ1) is 24.4. The molecule has 10 heteroatoms. The predicted molar refractivity (Wildman–Crippen MR) is 122 cm³/mol. The van der Waals surface area contributed by atoms with Gasteiger partial charge in [0, 0.05) is 19.7 Å². The molecule has 2 aromatic carbocycles. The van der Waals surface area contributed by atoms with Crippen molar-refractivity contribution < 1.29 is 22.1 Å². The fourth-order valence-corrected chi connectivity index (χ4v) is 4.56. The molecule has 1 atom stereocenters. The van der Waals surface area contributed by atoms with E-state index in [0.29, 0.717) is 11.3 Å². The Balaban J connectivity index is 1.99. The van der Waals surface area contributed by atoms with Crippen LogP contribution in [0.15, 0.2) is 50.6 Å². The van der Waals surface area contributed by atoms with Crippen LogP contribution in [0.1, 0.15) is 25.3 Å². The normalized spacial score (nSPS) is 16.1. The van der Waals surface area contributed by atoms with Gasteiger partial charge in [-0.25, -0.2) is 13.6 Å². The van der Waals surface area contributed by atoms with Gasteiger partial charge in [0.2, 0.25) is 0 Å². The fraction of sp³-hybridized carbons (Fsp3) is 0.409. The molecular formula is C22H25ClF3N3O2S. The van der Waals surface area contributed by atoms with Crippen LogP contribution in [-0.4, -0.2) is 41.1 Å². The van der Waals surface area contributed by atoms with Gasteiger partial charge >= 0.3 is 5.51 Å². The zero-order valence-corrected chi connectivity index (χ0v) is 19.6. The molecule has 0 spiro atoms. The summed E-state index contributed by atoms with van der Waals surface area (Å²) in [7, 11) is -2.84. The molecule has 1 fully saturated rings. The first-order valence-electron chi connectivity index (χ1n) is 10.2. The summed E-state index contributed by atoms with van der Waals surface area (Å²) in [6, 6.07) is 8.58. The van der Waals surface area contributed by atoms with Gasteiger partial charge in [0.1, 0.15) is 11.5 Å². The van der Waals surface area contributed by atoms with Crippen LogP contribution in [0.2, 0.25) is 5.02 Å². The third-order valence-corrected chi connectivity index (χ3v) is 7.41. The molecule has 3 rings (SSSR count). The number of ether oxygens (including phenoxy) is 1. The molecule has 5 nitrogen and oxygen atoms in total. The van der Waals surface area contributed by atoms with Crippen molar-refractivity contribution in [2.45, 2.75) is 37.1 Å². The molecule has 0 aromatic heterocycles. The Morgan fingerprint density at radius 3 is 2.56 bits per heavy atom. The average molecular weight is 488 g/mol. The summed E-state index contributed by atoms with van der Waals surface area (Å²) in [6.45, 7) is 4.39. The number of hydrogen-bond acceptors (Lipinski definition) is 4. The zero-order chi connectivity index (χ0) is 23.5. The van der Waals surface area contributed by atoms with Crippen molar-refractivity contribution in [1.29, 1.82) is 0 Å². The predicted octanol–water partition coefficient (Wildman–Crippen LogP) is 6.81. The summed E-state index contributed by atoms with van der Waals surface area (Å²) < 4.78 is 64.2. The Morgan fingerprint density at radius 2 is 1.94 bits per heavy atom. The zero-order valence-electron chi connectivity index (χ0n) is 18.0. The highest BCUT2D eigenvalue weighted by atomic mass is 35.5. The van der Waals surface area contributed by atoms with E-state index in [4.69, 9.17) is 16.3 Å². The lowest BCUT2D eigenvalue weighted by Gasteiger charge is -2.18. The summed E-state index contributed by atoms with van der Waals surface area (Å²) >= 11 is 6.32. The van der Waals surface area contributed by atoms with Gasteiger partial charge in [-0.2, -0.15) is 13.2 Å². The van der Waals surface area contributed by atoms with Crippen LogP contribution in [0.5, 0.6) is 11.5 Å². The van der Waals surface area contributed by atoms with E-state index in [-0.39, 0.29) is 29.0 Å². The quantitative estimate of drug-likeness (QED) is 0.303. The average Bonchev–Trinajstić information content (AvgIpc) is 3.57. The topological polar surface area (TPSA) is 54.3 Å². The standard InChI is InChI=1S/C22H25ClF3N3O2S/c1-4-29(3)14-27-18-11-15(2)20(12-17(18)23)31-19-7-5-6-8-21(19)32(30,22(24,25)26)28-13-16-9-10-16/h5-8,11-12,14,16H,4,9-10,13H2,1-3H3. The van der Waals surface area contributed by atoms with Crippen molar-refractivity contribution in [3.05, 3.63) is 47.0 Å². The van der Waals surface area contributed by atoms with Crippen LogP contribution in [0.25, 0.3) is 0 Å². The molecule has 174 valence electrons. The molecule has 1 aliphatic carbocycles. The number of aryl methyl sites for hydroxylation is 1. The molecular weight excluding hydrogens is 463 g/mol. The highest BCUT2D eigenvalue weighted by molar-refractivity contribution is 7.94. The van der Waals surface area contributed by atoms with E-state index in [1.807, 2.05) is 18.9 Å². The minimum atomic E-state index is -5.03. The third-order valence-electron chi connectivity index (χ3n) is 5.03. The first-order valence-corrected chi connectivity index (χ1v) is 12.0. The highest BCUT2D eigenvalue weighted by Crippen LogP contribution is 2.42. The van der Waals surface area contributed by atoms with Crippen LogP contribution in [0.3, 0.4) is 0 Å². The Hall–Kier alpha value is -2.26. The summed E-state index contributed by atoms with van der Waals surface area (Å²) in [5.74, 6) is 0.138. The number of rotatable bonds is 8. The maximum Gasteiger partial charge on any atom is 0.483 e. The van der Waals surface area contributed by atoms with Gasteiger partial charge in [-0.3, -0.25) is 0 Å². The second-order valence-electron chi connectivity index (χ2n) is 7.66. The fourth-order valence-electron chi connectivity index (χ4n) is 2.76. The van der Waals surface area contributed by atoms with Crippen LogP contribution in [-0.2, 0) is 9.73 Å². The van der Waals surface area contributed by atoms with E-state index < -0.39 is 20.1 Å². The maximum absolute atomic E-state index is 13.9. The summed E-state index contributed by atoms with van der Waals surface area (Å²) in [5, 5.41) is 0.277. The van der Waals surface area contributed by atoms with E-state index in [1.165, 1.54) is 24.3 Å². The SMILES string of the molecule is CCN(C)C=Nc1cc(C)c(Oc2ccccc2S(=O)(=NCC2CC2)C(F)(F)F)cc1Cl. The molecule has 0 heterocycles. The van der Waals surface area contributed by atoms with E-state index in [2.05, 4.69) is 9.36 Å². The molecule has 0 amide bonds. The van der Waals surface area contributed by atoms with Gasteiger partial charge in [0.05, 0.1) is 28.5 Å². The van der Waals surface area contributed by atoms with Crippen molar-refractivity contribution in [3.8, 4) is 11.5 Å². The van der Waals surface area contributed by atoms with Crippen molar-refractivity contribution in [3.63, 3.8) is 0 Å². The van der Waals surface area contributed by atoms with Crippen molar-refractivity contribution >= 4 is 33.4 Å². The number of aliphatic imine (C=N–C) groups is 1. The van der Waals surface area contributed by atoms with E-state index in [1.54, 1.807) is 19.3 Å². The molecule has 0 aliphatic heterocycles. The van der Waals surface area contributed by atoms with Crippen molar-refractivity contribution in [1.82, 2.24) is 4.90 Å². The highest BCUT2D eigenvalue weighted by Gasteiger charge is 2.46. The number of para-hydroxylation sites is 1. The second-order valence-corrected chi connectivity index (χ2v) is 10.3. The second kappa shape index (κ2) is 9.70. The largest absolute Gasteiger partial charge is 0.483 e. The number of alkyl halides is 3. The lowest BCUT2D eigenvalue weighted by atomic mass is 10.2. The molecule has 0 bridgehead atoms. The van der Waals surface area contributed by atoms with Gasteiger partial charge in [-0.1, -0.05) is 23.7 Å². The van der Waals surface area contributed by atoms with E-state index in [9.17, 15) is 17.4 Å². The van der Waals surface area contributed by atoms with Gasteiger partial charge in [0.25, 0.3) is 0 Å². The molecule has 1 unspecified atom stereocenters. The van der Waals surface area contributed by atoms with E-state index in [0.717, 1.165) is 25.5 Å². The Labute approximate surface area is 191 Å². The van der Waals surface area contributed by atoms with Gasteiger partial charge in [-0.05, 0) is 56.4 Å². The van der Waals surface area contributed by atoms with Crippen LogP contribution < -0.4 is 4.74 Å². The molecule has 0 radical (unpaired) electrons. The lowest BCUT2D eigenvalue weighted by molar-refractivity contribution is -0.0404. The molecule has 0 N–H and O–H groups in total. The lowest BCUT2D eigenvalue weighted by Crippen LogP contribution is -2.24. The number of halogens is 4. The third kappa shape index (κ3) is 5.56. The summed E-state index contributed by atoms with van der Waals surface area (Å²) in [4.78, 5) is 5.70. The monoisotopic (exact) mass is 487 g/mol. The summed E-state index contributed by atoms with van der Waals surface area (Å²) in [5.41, 5.74) is -3.91. The molecule has 0 saturated heterocycles. The first-order chi connectivity index (χ1) is 15.0. The molecule has 2 aromatic rings. The molecule has 1 saturated carbocycles. The van der Waals surface area contributed by atoms with Gasteiger partial charge in [-0.15, -0.1) is 0 Å². The molecule has 1 aliphatic rings. The van der Waals surface area contributed by atoms with Gasteiger partial charge < -0.3 is 9.64 Å². The van der Waals surface area contributed by atoms with Crippen LogP contribution >= 0.6 is 11.6 Å². The van der Waals surface area contributed by atoms with Crippen molar-refractivity contribution in [2.75, 3.05) is 20.1 Å². The smallest absolute Gasteiger partial charge is 0.456 e.